The molecule has 0 bridgehead atoms. The molecule has 1 spiro atoms. The first-order chi connectivity index (χ1) is 17.3. The second-order valence-corrected chi connectivity index (χ2v) is 9.95. The van der Waals surface area contributed by atoms with Gasteiger partial charge in [-0.25, -0.2) is 0 Å². The van der Waals surface area contributed by atoms with Crippen LogP contribution < -0.4 is 0 Å². The molecule has 5 aromatic carbocycles. The van der Waals surface area contributed by atoms with Crippen LogP contribution in [0.4, 0.5) is 0 Å². The Morgan fingerprint density at radius 2 is 1.00 bits per heavy atom. The molecule has 5 aromatic rings. The number of hydrogen-bond donors (Lipinski definition) is 0. The number of rotatable bonds is 3. The second kappa shape index (κ2) is 7.55. The van der Waals surface area contributed by atoms with Crippen LogP contribution in [-0.4, -0.2) is 0 Å². The van der Waals surface area contributed by atoms with E-state index in [1.807, 2.05) is 0 Å². The minimum absolute atomic E-state index is 0.259. The molecule has 0 heterocycles. The maximum atomic E-state index is 2.43. The Hall–Kier alpha value is -3.90. The van der Waals surface area contributed by atoms with Crippen molar-refractivity contribution in [2.45, 2.75) is 32.1 Å². The van der Waals surface area contributed by atoms with Gasteiger partial charge >= 0.3 is 0 Å². The summed E-state index contributed by atoms with van der Waals surface area (Å²) in [7, 11) is 0. The Bertz CT molecular complexity index is 1570. The van der Waals surface area contributed by atoms with E-state index in [1.165, 1.54) is 66.8 Å². The zero-order chi connectivity index (χ0) is 23.6. The van der Waals surface area contributed by atoms with E-state index >= 15 is 0 Å². The predicted octanol–water partition coefficient (Wildman–Crippen LogP) is 8.96. The maximum absolute atomic E-state index is 2.43. The van der Waals surface area contributed by atoms with Crippen molar-refractivity contribution in [3.63, 3.8) is 0 Å². The Kier molecular flexibility index (Phi) is 4.42. The predicted molar refractivity (Wildman–Crippen MR) is 147 cm³/mol. The third kappa shape index (κ3) is 2.57. The van der Waals surface area contributed by atoms with Gasteiger partial charge in [0.05, 0.1) is 5.41 Å². The third-order valence-electron chi connectivity index (χ3n) is 8.25. The summed E-state index contributed by atoms with van der Waals surface area (Å²) in [6.07, 6.45) is 2.26. The van der Waals surface area contributed by atoms with E-state index in [4.69, 9.17) is 0 Å². The van der Waals surface area contributed by atoms with Crippen LogP contribution in [0.3, 0.4) is 0 Å². The molecule has 0 radical (unpaired) electrons. The Labute approximate surface area is 207 Å². The van der Waals surface area contributed by atoms with E-state index in [0.717, 1.165) is 12.8 Å². The van der Waals surface area contributed by atoms with Gasteiger partial charge in [-0.15, -0.1) is 0 Å². The van der Waals surface area contributed by atoms with Crippen molar-refractivity contribution in [1.82, 2.24) is 0 Å². The average Bonchev–Trinajstić information content (AvgIpc) is 3.38. The van der Waals surface area contributed by atoms with E-state index in [9.17, 15) is 0 Å². The van der Waals surface area contributed by atoms with Gasteiger partial charge in [0.2, 0.25) is 0 Å². The first kappa shape index (κ1) is 20.5. The summed E-state index contributed by atoms with van der Waals surface area (Å²) in [6, 6.07) is 40.9. The van der Waals surface area contributed by atoms with Crippen LogP contribution in [0, 0.1) is 6.92 Å². The zero-order valence-electron chi connectivity index (χ0n) is 20.3. The van der Waals surface area contributed by atoms with E-state index in [2.05, 4.69) is 123 Å². The van der Waals surface area contributed by atoms with Crippen molar-refractivity contribution in [2.24, 2.45) is 0 Å². The van der Waals surface area contributed by atoms with Gasteiger partial charge in [0.1, 0.15) is 0 Å². The van der Waals surface area contributed by atoms with Crippen LogP contribution >= 0.6 is 0 Å². The van der Waals surface area contributed by atoms with Crippen LogP contribution in [0.1, 0.15) is 46.7 Å². The summed E-state index contributed by atoms with van der Waals surface area (Å²) in [5.41, 5.74) is 16.5. The molecule has 2 aliphatic rings. The fourth-order valence-corrected chi connectivity index (χ4v) is 6.92. The molecule has 0 aromatic heterocycles. The van der Waals surface area contributed by atoms with Crippen molar-refractivity contribution in [2.75, 3.05) is 0 Å². The smallest absolute Gasteiger partial charge is 0.0651 e. The van der Waals surface area contributed by atoms with Gasteiger partial charge in [-0.1, -0.05) is 123 Å². The van der Waals surface area contributed by atoms with Crippen LogP contribution in [0.2, 0.25) is 0 Å². The molecular formula is C35H28. The lowest BCUT2D eigenvalue weighted by atomic mass is 9.70. The van der Waals surface area contributed by atoms with Crippen LogP contribution in [-0.2, 0) is 11.8 Å². The molecule has 7 rings (SSSR count). The van der Waals surface area contributed by atoms with Gasteiger partial charge in [0, 0.05) is 0 Å². The molecule has 2 aliphatic carbocycles. The molecule has 35 heavy (non-hydrogen) atoms. The summed E-state index contributed by atoms with van der Waals surface area (Å²) in [4.78, 5) is 0. The highest BCUT2D eigenvalue weighted by molar-refractivity contribution is 5.97. The molecular weight excluding hydrogens is 420 g/mol. The van der Waals surface area contributed by atoms with Crippen molar-refractivity contribution < 1.29 is 0 Å². The van der Waals surface area contributed by atoms with Crippen LogP contribution in [0.25, 0.3) is 33.4 Å². The maximum Gasteiger partial charge on any atom is 0.0725 e. The monoisotopic (exact) mass is 448 g/mol. The lowest BCUT2D eigenvalue weighted by Gasteiger charge is -2.30. The first-order valence-corrected chi connectivity index (χ1v) is 12.8. The largest absolute Gasteiger partial charge is 0.0725 e. The van der Waals surface area contributed by atoms with Crippen molar-refractivity contribution in [3.8, 4) is 33.4 Å². The van der Waals surface area contributed by atoms with E-state index in [1.54, 1.807) is 0 Å². The lowest BCUT2D eigenvalue weighted by Crippen LogP contribution is -2.25. The normalized spacial score (nSPS) is 13.9. The number of aryl methyl sites for hydroxylation is 1. The summed E-state index contributed by atoms with van der Waals surface area (Å²) < 4.78 is 0. The molecule has 0 unspecified atom stereocenters. The van der Waals surface area contributed by atoms with Crippen molar-refractivity contribution in [3.05, 3.63) is 143 Å². The molecule has 0 heteroatoms. The fraction of sp³-hybridized carbons (Fsp3) is 0.143. The highest BCUT2D eigenvalue weighted by Crippen LogP contribution is 2.63. The Morgan fingerprint density at radius 3 is 1.63 bits per heavy atom. The third-order valence-corrected chi connectivity index (χ3v) is 8.25. The summed E-state index contributed by atoms with van der Waals surface area (Å²) in [5.74, 6) is 0. The van der Waals surface area contributed by atoms with Gasteiger partial charge in [0.25, 0.3) is 0 Å². The van der Waals surface area contributed by atoms with E-state index in [0.29, 0.717) is 0 Å². The van der Waals surface area contributed by atoms with Gasteiger partial charge in [0.15, 0.2) is 0 Å². The number of fused-ring (bicyclic) bond motifs is 10. The topological polar surface area (TPSA) is 0 Å². The summed E-state index contributed by atoms with van der Waals surface area (Å²) >= 11 is 0. The molecule has 0 saturated heterocycles. The number of benzene rings is 5. The highest BCUT2D eigenvalue weighted by atomic mass is 14.5. The van der Waals surface area contributed by atoms with Crippen LogP contribution in [0.5, 0.6) is 0 Å². The molecule has 0 N–H and O–H groups in total. The van der Waals surface area contributed by atoms with Gasteiger partial charge < -0.3 is 0 Å². The minimum atomic E-state index is -0.259. The molecule has 0 saturated carbocycles. The molecule has 168 valence electrons. The van der Waals surface area contributed by atoms with Gasteiger partial charge in [-0.3, -0.25) is 0 Å². The van der Waals surface area contributed by atoms with E-state index < -0.39 is 0 Å². The van der Waals surface area contributed by atoms with Crippen molar-refractivity contribution in [1.29, 1.82) is 0 Å². The van der Waals surface area contributed by atoms with Gasteiger partial charge in [-0.05, 0) is 80.1 Å². The first-order valence-electron chi connectivity index (χ1n) is 12.8. The zero-order valence-corrected chi connectivity index (χ0v) is 20.3. The van der Waals surface area contributed by atoms with E-state index in [-0.39, 0.29) is 5.41 Å². The molecule has 0 amide bonds. The molecule has 0 aliphatic heterocycles. The minimum Gasteiger partial charge on any atom is -0.0651 e. The standard InChI is InChI=1S/C35H28/c1-3-12-24-13-4-5-14-26(24)25-21-22-33-34(23(25)2)29-17-8-11-20-32(29)35(33)30-18-9-6-15-27(30)28-16-7-10-19-31(28)35/h4-11,13-22H,3,12H2,1-2H3. The molecule has 0 atom stereocenters. The molecule has 0 fully saturated rings. The lowest BCUT2D eigenvalue weighted by molar-refractivity contribution is 0.793. The fourth-order valence-electron chi connectivity index (χ4n) is 6.92. The Balaban J connectivity index is 1.59. The highest BCUT2D eigenvalue weighted by Gasteiger charge is 2.51. The summed E-state index contributed by atoms with van der Waals surface area (Å²) in [5, 5.41) is 0. The molecule has 0 nitrogen and oxygen atoms in total. The Morgan fingerprint density at radius 1 is 0.486 bits per heavy atom. The quantitative estimate of drug-likeness (QED) is 0.253. The average molecular weight is 449 g/mol. The summed E-state index contributed by atoms with van der Waals surface area (Å²) in [6.45, 7) is 4.60. The number of hydrogen-bond acceptors (Lipinski definition) is 0. The van der Waals surface area contributed by atoms with Gasteiger partial charge in [-0.2, -0.15) is 0 Å². The second-order valence-electron chi connectivity index (χ2n) is 9.95. The SMILES string of the molecule is CCCc1ccccc1-c1ccc2c(c1C)-c1ccccc1C21c2ccccc2-c2ccccc21. The van der Waals surface area contributed by atoms with Crippen molar-refractivity contribution >= 4 is 0 Å². The van der Waals surface area contributed by atoms with Crippen LogP contribution in [0.15, 0.2) is 109 Å².